The van der Waals surface area contributed by atoms with Crippen LogP contribution in [0.1, 0.15) is 31.7 Å². The fourth-order valence-electron chi connectivity index (χ4n) is 2.36. The van der Waals surface area contributed by atoms with Crippen LogP contribution in [-0.2, 0) is 4.79 Å². The third kappa shape index (κ3) is 4.95. The van der Waals surface area contributed by atoms with Crippen molar-refractivity contribution in [2.24, 2.45) is 0 Å². The molecule has 26 heavy (non-hydrogen) atoms. The average molecular weight is 358 g/mol. The molecule has 1 unspecified atom stereocenters. The van der Waals surface area contributed by atoms with Gasteiger partial charge in [-0.25, -0.2) is 0 Å². The Kier molecular flexibility index (Phi) is 6.54. The zero-order valence-corrected chi connectivity index (χ0v) is 15.0. The summed E-state index contributed by atoms with van der Waals surface area (Å²) in [7, 11) is 1.42. The van der Waals surface area contributed by atoms with Gasteiger partial charge in [0.1, 0.15) is 5.75 Å². The van der Waals surface area contributed by atoms with Gasteiger partial charge in [0.2, 0.25) is 0 Å². The highest BCUT2D eigenvalue weighted by Gasteiger charge is 2.17. The number of nitrogens with one attached hydrogen (secondary N) is 1. The third-order valence-electron chi connectivity index (χ3n) is 4.10. The van der Waals surface area contributed by atoms with E-state index in [1.165, 1.54) is 30.9 Å². The van der Waals surface area contributed by atoms with Crippen molar-refractivity contribution in [1.29, 1.82) is 0 Å². The topological polar surface area (TPSA) is 90.7 Å². The molecule has 2 aromatic carbocycles. The largest absolute Gasteiger partial charge is 0.496 e. The molecule has 1 atom stereocenters. The Bertz CT molecular complexity index is 774. The lowest BCUT2D eigenvalue weighted by molar-refractivity contribution is -0.385. The number of nitro groups is 1. The molecule has 0 radical (unpaired) electrons. The molecule has 0 fully saturated rings. The first-order chi connectivity index (χ1) is 12.4. The second kappa shape index (κ2) is 8.84. The quantitative estimate of drug-likeness (QED) is 0.566. The lowest BCUT2D eigenvalue weighted by Gasteiger charge is -2.11. The van der Waals surface area contributed by atoms with Crippen LogP contribution in [0, 0.1) is 10.1 Å². The van der Waals surface area contributed by atoms with E-state index in [9.17, 15) is 14.9 Å². The maximum Gasteiger partial charge on any atom is 0.314 e. The van der Waals surface area contributed by atoms with Gasteiger partial charge in [-0.2, -0.15) is 0 Å². The predicted octanol–water partition coefficient (Wildman–Crippen LogP) is 4.13. The van der Waals surface area contributed by atoms with Gasteiger partial charge < -0.3 is 14.8 Å². The van der Waals surface area contributed by atoms with E-state index >= 15 is 0 Å². The molecule has 0 aliphatic heterocycles. The van der Waals surface area contributed by atoms with Crippen molar-refractivity contribution >= 4 is 17.3 Å². The standard InChI is InChI=1S/C19H22N2O5/c1-4-13(2)14-5-7-15(8-6-14)20-19(22)12-26-18-10-9-16(25-3)11-17(18)21(23)24/h5-11,13H,4,12H2,1-3H3,(H,20,22). The fourth-order valence-corrected chi connectivity index (χ4v) is 2.36. The van der Waals surface area contributed by atoms with Gasteiger partial charge in [-0.05, 0) is 42.2 Å². The molecule has 0 aromatic heterocycles. The molecule has 7 heteroatoms. The average Bonchev–Trinajstić information content (AvgIpc) is 2.66. The number of anilines is 1. The summed E-state index contributed by atoms with van der Waals surface area (Å²) in [5.41, 5.74) is 1.60. The number of hydrogen-bond acceptors (Lipinski definition) is 5. The van der Waals surface area contributed by atoms with E-state index < -0.39 is 10.8 Å². The van der Waals surface area contributed by atoms with Gasteiger partial charge in [-0.1, -0.05) is 26.0 Å². The molecule has 7 nitrogen and oxygen atoms in total. The van der Waals surface area contributed by atoms with Gasteiger partial charge in [0.05, 0.1) is 18.1 Å². The van der Waals surface area contributed by atoms with Crippen LogP contribution >= 0.6 is 0 Å². The smallest absolute Gasteiger partial charge is 0.314 e. The van der Waals surface area contributed by atoms with Crippen LogP contribution in [0.15, 0.2) is 42.5 Å². The molecule has 0 spiro atoms. The van der Waals surface area contributed by atoms with Crippen LogP contribution in [-0.4, -0.2) is 24.5 Å². The van der Waals surface area contributed by atoms with Crippen LogP contribution in [0.5, 0.6) is 11.5 Å². The number of hydrogen-bond donors (Lipinski definition) is 1. The summed E-state index contributed by atoms with van der Waals surface area (Å²) in [4.78, 5) is 22.6. The molecule has 0 aliphatic carbocycles. The SMILES string of the molecule is CCC(C)c1ccc(NC(=O)COc2ccc(OC)cc2[N+](=O)[O-])cc1. The Hall–Kier alpha value is -3.09. The molecule has 2 rings (SSSR count). The summed E-state index contributed by atoms with van der Waals surface area (Å²) < 4.78 is 10.3. The highest BCUT2D eigenvalue weighted by atomic mass is 16.6. The Labute approximate surface area is 152 Å². The summed E-state index contributed by atoms with van der Waals surface area (Å²) >= 11 is 0. The molecule has 2 aromatic rings. The van der Waals surface area contributed by atoms with Gasteiger partial charge in [0, 0.05) is 5.69 Å². The highest BCUT2D eigenvalue weighted by Crippen LogP contribution is 2.31. The minimum atomic E-state index is -0.580. The molecule has 0 heterocycles. The molecule has 1 amide bonds. The van der Waals surface area contributed by atoms with Crippen LogP contribution < -0.4 is 14.8 Å². The third-order valence-corrected chi connectivity index (χ3v) is 4.10. The Morgan fingerprint density at radius 1 is 1.23 bits per heavy atom. The zero-order valence-electron chi connectivity index (χ0n) is 15.0. The summed E-state index contributed by atoms with van der Waals surface area (Å²) in [6.07, 6.45) is 1.04. The van der Waals surface area contributed by atoms with Crippen molar-refractivity contribution in [2.75, 3.05) is 19.0 Å². The number of methoxy groups -OCH3 is 1. The Balaban J connectivity index is 1.97. The molecular weight excluding hydrogens is 336 g/mol. The second-order valence-electron chi connectivity index (χ2n) is 5.86. The number of carbonyl (C=O) groups excluding carboxylic acids is 1. The van der Waals surface area contributed by atoms with E-state index in [4.69, 9.17) is 9.47 Å². The Morgan fingerprint density at radius 2 is 1.92 bits per heavy atom. The number of nitro benzene ring substituents is 1. The Morgan fingerprint density at radius 3 is 2.50 bits per heavy atom. The van der Waals surface area contributed by atoms with Gasteiger partial charge in [-0.15, -0.1) is 0 Å². The molecule has 0 saturated carbocycles. The summed E-state index contributed by atoms with van der Waals surface area (Å²) in [5.74, 6) is 0.415. The van der Waals surface area contributed by atoms with Crippen LogP contribution in [0.3, 0.4) is 0 Å². The van der Waals surface area contributed by atoms with Crippen LogP contribution in [0.2, 0.25) is 0 Å². The normalized spacial score (nSPS) is 11.5. The lowest BCUT2D eigenvalue weighted by Crippen LogP contribution is -2.20. The van der Waals surface area contributed by atoms with E-state index in [1.54, 1.807) is 0 Å². The van der Waals surface area contributed by atoms with Crippen molar-refractivity contribution in [3.63, 3.8) is 0 Å². The van der Waals surface area contributed by atoms with Crippen LogP contribution in [0.4, 0.5) is 11.4 Å². The van der Waals surface area contributed by atoms with Crippen molar-refractivity contribution in [2.45, 2.75) is 26.2 Å². The number of benzene rings is 2. The number of rotatable bonds is 8. The van der Waals surface area contributed by atoms with E-state index in [-0.39, 0.29) is 18.0 Å². The first-order valence-electron chi connectivity index (χ1n) is 8.29. The fraction of sp³-hybridized carbons (Fsp3) is 0.316. The van der Waals surface area contributed by atoms with Gasteiger partial charge >= 0.3 is 5.69 Å². The van der Waals surface area contributed by atoms with Crippen molar-refractivity contribution in [3.8, 4) is 11.5 Å². The van der Waals surface area contributed by atoms with Gasteiger partial charge in [0.25, 0.3) is 5.91 Å². The lowest BCUT2D eigenvalue weighted by atomic mass is 9.99. The number of ether oxygens (including phenoxy) is 2. The highest BCUT2D eigenvalue weighted by molar-refractivity contribution is 5.91. The van der Waals surface area contributed by atoms with Crippen molar-refractivity contribution < 1.29 is 19.2 Å². The molecule has 0 bridgehead atoms. The molecule has 138 valence electrons. The zero-order chi connectivity index (χ0) is 19.1. The molecule has 1 N–H and O–H groups in total. The first kappa shape index (κ1) is 19.2. The minimum absolute atomic E-state index is 0.0121. The van der Waals surface area contributed by atoms with Gasteiger partial charge in [0.15, 0.2) is 12.4 Å². The van der Waals surface area contributed by atoms with E-state index in [1.807, 2.05) is 24.3 Å². The van der Waals surface area contributed by atoms with Crippen molar-refractivity contribution in [1.82, 2.24) is 0 Å². The van der Waals surface area contributed by atoms with E-state index in [2.05, 4.69) is 19.2 Å². The second-order valence-corrected chi connectivity index (χ2v) is 5.86. The number of nitrogens with zero attached hydrogens (tertiary/aromatic N) is 1. The maximum absolute atomic E-state index is 12.0. The predicted molar refractivity (Wildman–Crippen MR) is 98.9 cm³/mol. The van der Waals surface area contributed by atoms with Crippen LogP contribution in [0.25, 0.3) is 0 Å². The van der Waals surface area contributed by atoms with E-state index in [0.717, 1.165) is 6.42 Å². The summed E-state index contributed by atoms with van der Waals surface area (Å²) in [5, 5.41) is 13.8. The number of carbonyl (C=O) groups is 1. The number of amides is 1. The van der Waals surface area contributed by atoms with Gasteiger partial charge in [-0.3, -0.25) is 14.9 Å². The summed E-state index contributed by atoms with van der Waals surface area (Å²) in [6, 6.07) is 11.8. The summed E-state index contributed by atoms with van der Waals surface area (Å²) in [6.45, 7) is 3.93. The van der Waals surface area contributed by atoms with Crippen molar-refractivity contribution in [3.05, 3.63) is 58.1 Å². The maximum atomic E-state index is 12.0. The van der Waals surface area contributed by atoms with E-state index in [0.29, 0.717) is 17.4 Å². The molecular formula is C19H22N2O5. The molecule has 0 saturated heterocycles. The monoisotopic (exact) mass is 358 g/mol. The first-order valence-corrected chi connectivity index (χ1v) is 8.29. The molecule has 0 aliphatic rings. The minimum Gasteiger partial charge on any atom is -0.496 e.